The Hall–Kier alpha value is -4.19. The SMILES string of the molecule is CN=C(NCCCc1nn(-c2ccccc2)c(N)c1C#N)NCc1ccc(OC)cc1OC. The molecule has 2 aromatic carbocycles. The molecule has 0 amide bonds. The predicted molar refractivity (Wildman–Crippen MR) is 129 cm³/mol. The van der Waals surface area contributed by atoms with Gasteiger partial charge in [0.15, 0.2) is 5.96 Å². The molecule has 0 aliphatic heterocycles. The second-order valence-electron chi connectivity index (χ2n) is 7.20. The van der Waals surface area contributed by atoms with Gasteiger partial charge >= 0.3 is 0 Å². The molecule has 3 aromatic rings. The van der Waals surface area contributed by atoms with Gasteiger partial charge in [0.2, 0.25) is 0 Å². The first-order valence-corrected chi connectivity index (χ1v) is 10.6. The van der Waals surface area contributed by atoms with Crippen LogP contribution in [0.25, 0.3) is 5.69 Å². The van der Waals surface area contributed by atoms with Crippen LogP contribution in [0.4, 0.5) is 5.82 Å². The van der Waals surface area contributed by atoms with Crippen molar-refractivity contribution in [2.45, 2.75) is 19.4 Å². The van der Waals surface area contributed by atoms with Crippen LogP contribution in [0.15, 0.2) is 53.5 Å². The number of hydrogen-bond acceptors (Lipinski definition) is 6. The van der Waals surface area contributed by atoms with E-state index in [0.29, 0.717) is 42.5 Å². The highest BCUT2D eigenvalue weighted by molar-refractivity contribution is 5.79. The average Bonchev–Trinajstić information content (AvgIpc) is 3.18. The molecule has 0 atom stereocenters. The summed E-state index contributed by atoms with van der Waals surface area (Å²) in [6.45, 7) is 1.20. The largest absolute Gasteiger partial charge is 0.497 e. The number of para-hydroxylation sites is 1. The van der Waals surface area contributed by atoms with Gasteiger partial charge in [-0.2, -0.15) is 10.4 Å². The first kappa shape index (κ1) is 23.5. The van der Waals surface area contributed by atoms with E-state index >= 15 is 0 Å². The normalized spacial score (nSPS) is 11.0. The molecule has 0 bridgehead atoms. The average molecular weight is 448 g/mol. The van der Waals surface area contributed by atoms with E-state index in [4.69, 9.17) is 15.2 Å². The van der Waals surface area contributed by atoms with Crippen LogP contribution < -0.4 is 25.8 Å². The molecule has 0 radical (unpaired) electrons. The second kappa shape index (κ2) is 11.4. The summed E-state index contributed by atoms with van der Waals surface area (Å²) in [4.78, 5) is 4.27. The Balaban J connectivity index is 1.55. The molecule has 1 aromatic heterocycles. The Morgan fingerprint density at radius 1 is 1.15 bits per heavy atom. The first-order chi connectivity index (χ1) is 16.1. The van der Waals surface area contributed by atoms with Gasteiger partial charge in [0, 0.05) is 31.8 Å². The van der Waals surface area contributed by atoms with Crippen molar-refractivity contribution in [1.29, 1.82) is 5.26 Å². The summed E-state index contributed by atoms with van der Waals surface area (Å²) in [5, 5.41) is 20.7. The minimum Gasteiger partial charge on any atom is -0.497 e. The van der Waals surface area contributed by atoms with Crippen LogP contribution in [0.1, 0.15) is 23.2 Å². The highest BCUT2D eigenvalue weighted by Gasteiger charge is 2.16. The third-order valence-corrected chi connectivity index (χ3v) is 5.15. The van der Waals surface area contributed by atoms with Crippen LogP contribution in [0.5, 0.6) is 11.5 Å². The number of aryl methyl sites for hydroxylation is 1. The van der Waals surface area contributed by atoms with Crippen LogP contribution in [0.3, 0.4) is 0 Å². The van der Waals surface area contributed by atoms with E-state index in [0.717, 1.165) is 29.2 Å². The lowest BCUT2D eigenvalue weighted by molar-refractivity contribution is 0.390. The maximum absolute atomic E-state index is 9.55. The molecule has 172 valence electrons. The lowest BCUT2D eigenvalue weighted by Crippen LogP contribution is -2.37. The van der Waals surface area contributed by atoms with E-state index in [1.165, 1.54) is 0 Å². The number of aromatic nitrogens is 2. The summed E-state index contributed by atoms with van der Waals surface area (Å²) in [5.41, 5.74) is 9.10. The number of nitrogen functional groups attached to an aromatic ring is 1. The topological polar surface area (TPSA) is 123 Å². The number of ether oxygens (including phenoxy) is 2. The number of nitrogens with two attached hydrogens (primary N) is 1. The molecule has 0 aliphatic rings. The van der Waals surface area contributed by atoms with Crippen molar-refractivity contribution in [1.82, 2.24) is 20.4 Å². The van der Waals surface area contributed by atoms with E-state index in [2.05, 4.69) is 26.8 Å². The summed E-state index contributed by atoms with van der Waals surface area (Å²) < 4.78 is 12.3. The molecule has 3 rings (SSSR count). The smallest absolute Gasteiger partial charge is 0.191 e. The van der Waals surface area contributed by atoms with E-state index in [-0.39, 0.29) is 0 Å². The zero-order chi connectivity index (χ0) is 23.6. The summed E-state index contributed by atoms with van der Waals surface area (Å²) in [7, 11) is 4.97. The number of nitriles is 1. The summed E-state index contributed by atoms with van der Waals surface area (Å²) in [5.74, 6) is 2.51. The standard InChI is InChI=1S/C24H29N7O2/c1-27-24(29-16-17-11-12-19(32-2)14-22(17)33-3)28-13-7-10-21-20(15-25)23(26)31(30-21)18-8-5-4-6-9-18/h4-6,8-9,11-12,14H,7,10,13,16,26H2,1-3H3,(H2,27,28,29). The van der Waals surface area contributed by atoms with Crippen molar-refractivity contribution in [3.63, 3.8) is 0 Å². The quantitative estimate of drug-likeness (QED) is 0.262. The Labute approximate surface area is 193 Å². The number of benzene rings is 2. The molecule has 0 aliphatic carbocycles. The van der Waals surface area contributed by atoms with Crippen LogP contribution >= 0.6 is 0 Å². The number of guanidine groups is 1. The number of nitrogens with one attached hydrogen (secondary N) is 2. The first-order valence-electron chi connectivity index (χ1n) is 10.6. The molecule has 33 heavy (non-hydrogen) atoms. The molecule has 0 saturated heterocycles. The summed E-state index contributed by atoms with van der Waals surface area (Å²) in [6, 6.07) is 17.4. The minimum atomic E-state index is 0.359. The second-order valence-corrected chi connectivity index (χ2v) is 7.20. The highest BCUT2D eigenvalue weighted by atomic mass is 16.5. The van der Waals surface area contributed by atoms with Gasteiger partial charge in [0.25, 0.3) is 0 Å². The lowest BCUT2D eigenvalue weighted by Gasteiger charge is -2.14. The molecule has 0 spiro atoms. The number of rotatable bonds is 9. The summed E-state index contributed by atoms with van der Waals surface area (Å²) >= 11 is 0. The molecular weight excluding hydrogens is 418 g/mol. The van der Waals surface area contributed by atoms with Crippen LogP contribution in [0, 0.1) is 11.3 Å². The van der Waals surface area contributed by atoms with Crippen molar-refractivity contribution in [2.75, 3.05) is 33.5 Å². The summed E-state index contributed by atoms with van der Waals surface area (Å²) in [6.07, 6.45) is 1.37. The van der Waals surface area contributed by atoms with Crippen LogP contribution in [-0.2, 0) is 13.0 Å². The highest BCUT2D eigenvalue weighted by Crippen LogP contribution is 2.24. The number of anilines is 1. The van der Waals surface area contributed by atoms with Crippen LogP contribution in [-0.4, -0.2) is 43.6 Å². The molecule has 1 heterocycles. The van der Waals surface area contributed by atoms with E-state index in [1.54, 1.807) is 25.9 Å². The number of hydrogen-bond donors (Lipinski definition) is 3. The number of methoxy groups -OCH3 is 2. The monoisotopic (exact) mass is 447 g/mol. The fourth-order valence-electron chi connectivity index (χ4n) is 3.40. The van der Waals surface area contributed by atoms with E-state index in [9.17, 15) is 5.26 Å². The van der Waals surface area contributed by atoms with Crippen molar-refractivity contribution in [2.24, 2.45) is 4.99 Å². The van der Waals surface area contributed by atoms with Gasteiger partial charge in [-0.15, -0.1) is 0 Å². The van der Waals surface area contributed by atoms with Gasteiger partial charge in [0.05, 0.1) is 25.6 Å². The van der Waals surface area contributed by atoms with Gasteiger partial charge in [-0.3, -0.25) is 4.99 Å². The van der Waals surface area contributed by atoms with E-state index in [1.807, 2.05) is 48.5 Å². The fourth-order valence-corrected chi connectivity index (χ4v) is 3.40. The fraction of sp³-hybridized carbons (Fsp3) is 0.292. The zero-order valence-corrected chi connectivity index (χ0v) is 19.1. The number of nitrogens with zero attached hydrogens (tertiary/aromatic N) is 4. The molecule has 9 nitrogen and oxygen atoms in total. The molecule has 4 N–H and O–H groups in total. The molecule has 9 heteroatoms. The maximum Gasteiger partial charge on any atom is 0.191 e. The predicted octanol–water partition coefficient (Wildman–Crippen LogP) is 2.64. The maximum atomic E-state index is 9.55. The van der Waals surface area contributed by atoms with Crippen molar-refractivity contribution in [3.05, 3.63) is 65.4 Å². The minimum absolute atomic E-state index is 0.359. The van der Waals surface area contributed by atoms with E-state index < -0.39 is 0 Å². The van der Waals surface area contributed by atoms with Crippen molar-refractivity contribution >= 4 is 11.8 Å². The third kappa shape index (κ3) is 5.74. The molecular formula is C24H29N7O2. The molecule has 0 saturated carbocycles. The van der Waals surface area contributed by atoms with Crippen molar-refractivity contribution < 1.29 is 9.47 Å². The number of aliphatic imine (C=N–C) groups is 1. The Morgan fingerprint density at radius 3 is 2.61 bits per heavy atom. The van der Waals surface area contributed by atoms with Crippen LogP contribution in [0.2, 0.25) is 0 Å². The Bertz CT molecular complexity index is 1130. The zero-order valence-electron chi connectivity index (χ0n) is 19.1. The molecule has 0 fully saturated rings. The molecule has 0 unspecified atom stereocenters. The van der Waals surface area contributed by atoms with Gasteiger partial charge in [-0.25, -0.2) is 4.68 Å². The third-order valence-electron chi connectivity index (χ3n) is 5.15. The van der Waals surface area contributed by atoms with Gasteiger partial charge < -0.3 is 25.8 Å². The lowest BCUT2D eigenvalue weighted by atomic mass is 10.1. The van der Waals surface area contributed by atoms with Gasteiger partial charge in [-0.05, 0) is 37.1 Å². The van der Waals surface area contributed by atoms with Crippen molar-refractivity contribution in [3.8, 4) is 23.3 Å². The Kier molecular flexibility index (Phi) is 8.13. The van der Waals surface area contributed by atoms with Gasteiger partial charge in [-0.1, -0.05) is 18.2 Å². The Morgan fingerprint density at radius 2 is 1.94 bits per heavy atom. The van der Waals surface area contributed by atoms with Gasteiger partial charge in [0.1, 0.15) is 28.9 Å².